The van der Waals surface area contributed by atoms with Crippen LogP contribution in [0.3, 0.4) is 0 Å². The van der Waals surface area contributed by atoms with Crippen molar-refractivity contribution in [2.75, 3.05) is 0 Å². The Balaban J connectivity index is 1.69. The molecule has 0 spiro atoms. The lowest BCUT2D eigenvalue weighted by Gasteiger charge is -2.57. The molecular formula is C21H30O2. The number of aliphatic hydroxyl groups excluding tert-OH is 1. The first-order chi connectivity index (χ1) is 10.9. The molecule has 0 aromatic rings. The van der Waals surface area contributed by atoms with Crippen LogP contribution >= 0.6 is 0 Å². The minimum absolute atomic E-state index is 0.113. The maximum atomic E-state index is 11.0. The molecule has 0 saturated heterocycles. The van der Waals surface area contributed by atoms with Crippen molar-refractivity contribution in [3.63, 3.8) is 0 Å². The van der Waals surface area contributed by atoms with Crippen LogP contribution in [0.15, 0.2) is 11.6 Å². The van der Waals surface area contributed by atoms with Gasteiger partial charge in [-0.1, -0.05) is 31.4 Å². The first-order valence-electron chi connectivity index (χ1n) is 9.48. The van der Waals surface area contributed by atoms with Crippen LogP contribution in [-0.2, 0) is 0 Å². The topological polar surface area (TPSA) is 40.5 Å². The number of hydrogen-bond acceptors (Lipinski definition) is 2. The second-order valence-corrected chi connectivity index (χ2v) is 9.02. The summed E-state index contributed by atoms with van der Waals surface area (Å²) in [5, 5.41) is 21.0. The van der Waals surface area contributed by atoms with Crippen molar-refractivity contribution in [1.82, 2.24) is 0 Å². The summed E-state index contributed by atoms with van der Waals surface area (Å²) >= 11 is 0. The van der Waals surface area contributed by atoms with E-state index in [2.05, 4.69) is 25.8 Å². The van der Waals surface area contributed by atoms with Gasteiger partial charge in [-0.2, -0.15) is 0 Å². The smallest absolute Gasteiger partial charge is 0.130 e. The standard InChI is InChI=1S/C21H30O2/c1-4-21(23)10-9-18-17-7-5-14-11-15(22)6-8-16(14)19(17)13(2)12-20(18,21)3/h1,11,13,15-19,22-23H,5-10,12H2,2-3H3/t13-,15-,16-,17-,18-,19+,20-,21-/m0/s1. The fraction of sp³-hybridized carbons (Fsp3) is 0.810. The summed E-state index contributed by atoms with van der Waals surface area (Å²) in [6, 6.07) is 0. The Kier molecular flexibility index (Phi) is 3.49. The minimum Gasteiger partial charge on any atom is -0.389 e. The zero-order valence-corrected chi connectivity index (χ0v) is 14.5. The molecule has 2 nitrogen and oxygen atoms in total. The third kappa shape index (κ3) is 2.02. The van der Waals surface area contributed by atoms with E-state index in [1.54, 1.807) is 0 Å². The molecule has 4 aliphatic rings. The normalized spacial score (nSPS) is 55.2. The van der Waals surface area contributed by atoms with Gasteiger partial charge in [0, 0.05) is 5.41 Å². The van der Waals surface area contributed by atoms with Crippen molar-refractivity contribution >= 4 is 0 Å². The lowest BCUT2D eigenvalue weighted by Crippen LogP contribution is -2.54. The summed E-state index contributed by atoms with van der Waals surface area (Å²) in [7, 11) is 0. The minimum atomic E-state index is -0.907. The van der Waals surface area contributed by atoms with Gasteiger partial charge in [-0.15, -0.1) is 6.42 Å². The molecule has 3 saturated carbocycles. The third-order valence-electron chi connectivity index (χ3n) is 8.12. The van der Waals surface area contributed by atoms with E-state index in [4.69, 9.17) is 6.42 Å². The van der Waals surface area contributed by atoms with E-state index in [1.807, 2.05) is 0 Å². The molecule has 2 N–H and O–H groups in total. The number of allylic oxidation sites excluding steroid dienone is 1. The number of hydrogen-bond donors (Lipinski definition) is 2. The highest BCUT2D eigenvalue weighted by Gasteiger charge is 2.63. The van der Waals surface area contributed by atoms with Crippen LogP contribution in [0.2, 0.25) is 0 Å². The molecule has 8 atom stereocenters. The van der Waals surface area contributed by atoms with Gasteiger partial charge in [0.1, 0.15) is 5.60 Å². The van der Waals surface area contributed by atoms with Crippen molar-refractivity contribution in [2.24, 2.45) is 35.0 Å². The highest BCUT2D eigenvalue weighted by Crippen LogP contribution is 2.66. The predicted molar refractivity (Wildman–Crippen MR) is 91.4 cm³/mol. The van der Waals surface area contributed by atoms with E-state index in [0.29, 0.717) is 23.7 Å². The van der Waals surface area contributed by atoms with Gasteiger partial charge in [0.2, 0.25) is 0 Å². The Bertz CT molecular complexity index is 573. The van der Waals surface area contributed by atoms with E-state index in [9.17, 15) is 10.2 Å². The summed E-state index contributed by atoms with van der Waals surface area (Å²) in [5.74, 6) is 6.02. The summed E-state index contributed by atoms with van der Waals surface area (Å²) in [5.41, 5.74) is 0.499. The first-order valence-corrected chi connectivity index (χ1v) is 9.48. The first kappa shape index (κ1) is 15.7. The van der Waals surface area contributed by atoms with Crippen molar-refractivity contribution < 1.29 is 10.2 Å². The van der Waals surface area contributed by atoms with Gasteiger partial charge in [0.15, 0.2) is 0 Å². The van der Waals surface area contributed by atoms with Crippen LogP contribution < -0.4 is 0 Å². The zero-order chi connectivity index (χ0) is 16.4. The Morgan fingerprint density at radius 1 is 1.26 bits per heavy atom. The van der Waals surface area contributed by atoms with Crippen LogP contribution in [0.4, 0.5) is 0 Å². The van der Waals surface area contributed by atoms with Crippen LogP contribution in [0.25, 0.3) is 0 Å². The number of fused-ring (bicyclic) bond motifs is 5. The highest BCUT2D eigenvalue weighted by atomic mass is 16.3. The number of rotatable bonds is 0. The van der Waals surface area contributed by atoms with Crippen molar-refractivity contribution in [2.45, 2.75) is 70.5 Å². The molecule has 23 heavy (non-hydrogen) atoms. The quantitative estimate of drug-likeness (QED) is 0.530. The summed E-state index contributed by atoms with van der Waals surface area (Å²) in [6.07, 6.45) is 15.0. The van der Waals surface area contributed by atoms with Gasteiger partial charge in [0.05, 0.1) is 6.10 Å². The second-order valence-electron chi connectivity index (χ2n) is 9.02. The maximum Gasteiger partial charge on any atom is 0.130 e. The monoisotopic (exact) mass is 314 g/mol. The average molecular weight is 314 g/mol. The van der Waals surface area contributed by atoms with Gasteiger partial charge in [-0.05, 0) is 74.5 Å². The molecule has 0 heterocycles. The molecule has 3 fully saturated rings. The Morgan fingerprint density at radius 3 is 2.78 bits per heavy atom. The molecule has 2 heteroatoms. The van der Waals surface area contributed by atoms with Crippen LogP contribution in [0.5, 0.6) is 0 Å². The molecule has 0 aromatic carbocycles. The SMILES string of the molecule is C#C[C@]1(O)CC[C@H]2[C@@H]3CCC4=C[C@@H](O)CC[C@@H]4[C@H]3[C@@H](C)C[C@@]21C. The Labute approximate surface area is 140 Å². The molecule has 0 amide bonds. The molecule has 0 aliphatic heterocycles. The van der Waals surface area contributed by atoms with Gasteiger partial charge >= 0.3 is 0 Å². The van der Waals surface area contributed by atoms with Gasteiger partial charge in [-0.3, -0.25) is 0 Å². The van der Waals surface area contributed by atoms with Crippen molar-refractivity contribution in [3.8, 4) is 12.3 Å². The molecule has 4 rings (SSSR count). The maximum absolute atomic E-state index is 11.0. The van der Waals surface area contributed by atoms with Gasteiger partial charge < -0.3 is 10.2 Å². The van der Waals surface area contributed by atoms with E-state index in [0.717, 1.165) is 44.4 Å². The third-order valence-corrected chi connectivity index (χ3v) is 8.12. The van der Waals surface area contributed by atoms with E-state index in [1.165, 1.54) is 12.0 Å². The van der Waals surface area contributed by atoms with Crippen LogP contribution in [0, 0.1) is 47.3 Å². The molecule has 126 valence electrons. The van der Waals surface area contributed by atoms with Crippen molar-refractivity contribution in [1.29, 1.82) is 0 Å². The second kappa shape index (κ2) is 5.11. The molecule has 0 aromatic heterocycles. The molecule has 4 aliphatic carbocycles. The van der Waals surface area contributed by atoms with Crippen LogP contribution in [-0.4, -0.2) is 21.9 Å². The number of terminal acetylenes is 1. The highest BCUT2D eigenvalue weighted by molar-refractivity contribution is 5.26. The van der Waals surface area contributed by atoms with E-state index in [-0.39, 0.29) is 11.5 Å². The summed E-state index contributed by atoms with van der Waals surface area (Å²) in [6.45, 7) is 4.63. The van der Waals surface area contributed by atoms with E-state index < -0.39 is 5.60 Å². The number of aliphatic hydroxyl groups is 2. The molecular weight excluding hydrogens is 284 g/mol. The fourth-order valence-electron chi connectivity index (χ4n) is 7.13. The zero-order valence-electron chi connectivity index (χ0n) is 14.5. The van der Waals surface area contributed by atoms with Gasteiger partial charge in [0.25, 0.3) is 0 Å². The predicted octanol–water partition coefficient (Wildman–Crippen LogP) is 3.53. The largest absolute Gasteiger partial charge is 0.389 e. The fourth-order valence-corrected chi connectivity index (χ4v) is 7.13. The van der Waals surface area contributed by atoms with Crippen LogP contribution in [0.1, 0.15) is 58.8 Å². The van der Waals surface area contributed by atoms with Crippen molar-refractivity contribution in [3.05, 3.63) is 11.6 Å². The summed E-state index contributed by atoms with van der Waals surface area (Å²) in [4.78, 5) is 0. The Morgan fingerprint density at radius 2 is 2.04 bits per heavy atom. The molecule has 0 bridgehead atoms. The molecule has 0 unspecified atom stereocenters. The van der Waals surface area contributed by atoms with E-state index >= 15 is 0 Å². The Hall–Kier alpha value is -0.780. The molecule has 0 radical (unpaired) electrons. The lowest BCUT2D eigenvalue weighted by molar-refractivity contribution is -0.109. The average Bonchev–Trinajstić information content (AvgIpc) is 2.78. The lowest BCUT2D eigenvalue weighted by atomic mass is 9.48. The summed E-state index contributed by atoms with van der Waals surface area (Å²) < 4.78 is 0. The van der Waals surface area contributed by atoms with Gasteiger partial charge in [-0.25, -0.2) is 0 Å².